The van der Waals surface area contributed by atoms with E-state index in [0.29, 0.717) is 0 Å². The zero-order chi connectivity index (χ0) is 32.4. The van der Waals surface area contributed by atoms with Crippen LogP contribution in [0.1, 0.15) is 5.56 Å². The van der Waals surface area contributed by atoms with E-state index in [1.807, 2.05) is 0 Å². The number of fused-ring (bicyclic) bond motifs is 1. The molecule has 0 aliphatic rings. The second-order valence-electron chi connectivity index (χ2n) is 7.59. The van der Waals surface area contributed by atoms with Crippen LogP contribution in [0.4, 0.5) is 39.5 Å². The van der Waals surface area contributed by atoms with E-state index in [-0.39, 0.29) is 12.4 Å². The molecule has 0 unspecified atom stereocenters. The van der Waals surface area contributed by atoms with E-state index in [9.17, 15) is 39.5 Å². The van der Waals surface area contributed by atoms with Gasteiger partial charge >= 0.3 is 188 Å². The van der Waals surface area contributed by atoms with E-state index in [0.717, 1.165) is 76.3 Å². The molecule has 0 amide bonds. The number of hydrogen-bond acceptors (Lipinski definition) is 6. The molecule has 20 heteroatoms. The Morgan fingerprint density at radius 2 is 0.929 bits per heavy atom. The topological polar surface area (TPSA) is 124 Å². The number of carbonyl (C=O) groups is 3. The van der Waals surface area contributed by atoms with E-state index in [1.54, 1.807) is 5.56 Å². The Labute approximate surface area is 285 Å². The van der Waals surface area contributed by atoms with Crippen molar-refractivity contribution in [3.05, 3.63) is 72.4 Å². The summed E-state index contributed by atoms with van der Waals surface area (Å²) in [5.74, 6) is -9.02. The minimum absolute atomic E-state index is 0. The molecule has 3 aromatic rings. The molecule has 0 saturated heterocycles. The molecular weight excluding hydrogens is 1180 g/mol. The third-order valence-electron chi connectivity index (χ3n) is 4.14. The number of carbonyl (C=O) groups excluding carboxylic acids is 3. The van der Waals surface area contributed by atoms with Crippen molar-refractivity contribution in [3.63, 3.8) is 0 Å². The number of carboxylic acids is 3. The SMILES string of the molecule is O=C([O-])C(F)(F)F.O=C([O-])C(F)(F)F.O=C([O-])C(F)(F)F.[Cl-].[Hg+][C]([Hg+])([Hg+])c1cc[n+](-c2ccccc2)c2ccccc12. The van der Waals surface area contributed by atoms with Crippen LogP contribution in [0, 0.1) is 0 Å². The first-order chi connectivity index (χ1) is 18.4. The third-order valence-corrected chi connectivity index (χ3v) is 8.59. The van der Waals surface area contributed by atoms with Gasteiger partial charge in [-0.3, -0.25) is 0 Å². The fraction of sp³-hybridized carbons (Fsp3) is 0.182. The number of aromatic nitrogens is 1. The van der Waals surface area contributed by atoms with Crippen LogP contribution in [0.15, 0.2) is 66.9 Å². The van der Waals surface area contributed by atoms with Gasteiger partial charge in [-0.25, -0.2) is 0 Å². The van der Waals surface area contributed by atoms with Crippen LogP contribution in [0.2, 0.25) is 0 Å². The number of halogens is 10. The Bertz CT molecular complexity index is 1280. The number of nitrogens with zero attached hydrogens (tertiary/aromatic N) is 1. The maximum atomic E-state index is 10.5. The summed E-state index contributed by atoms with van der Waals surface area (Å²) < 4.78 is 97.7. The van der Waals surface area contributed by atoms with Gasteiger partial charge in [0, 0.05) is 0 Å². The second-order valence-corrected chi connectivity index (χ2v) is 68.7. The summed E-state index contributed by atoms with van der Waals surface area (Å²) in [5, 5.41) is 27.8. The summed E-state index contributed by atoms with van der Waals surface area (Å²) in [5.41, 5.74) is 4.24. The molecule has 0 aliphatic carbocycles. The Kier molecular flexibility index (Phi) is 18.2. The number of benzene rings is 2. The molecular formula is C22H11ClF9Hg3NO6. The molecule has 0 atom stereocenters. The van der Waals surface area contributed by atoms with E-state index < -0.39 is 36.4 Å². The van der Waals surface area contributed by atoms with Crippen molar-refractivity contribution in [2.75, 3.05) is 0 Å². The monoisotopic (exact) mass is 1200 g/mol. The van der Waals surface area contributed by atoms with Crippen LogP contribution in [0.3, 0.4) is 0 Å². The summed E-state index contributed by atoms with van der Waals surface area (Å²) in [7, 11) is 0. The van der Waals surface area contributed by atoms with Gasteiger partial charge in [-0.05, 0) is 0 Å². The maximum absolute atomic E-state index is 10.5. The number of hydrogen-bond donors (Lipinski definition) is 0. The predicted molar refractivity (Wildman–Crippen MR) is 100 cm³/mol. The number of para-hydroxylation sites is 2. The van der Waals surface area contributed by atoms with Crippen LogP contribution < -0.4 is 32.3 Å². The first-order valence-corrected chi connectivity index (χ1v) is 18.5. The molecule has 1 heterocycles. The van der Waals surface area contributed by atoms with Gasteiger partial charge < -0.3 is 42.1 Å². The fourth-order valence-electron chi connectivity index (χ4n) is 2.51. The molecule has 0 bridgehead atoms. The van der Waals surface area contributed by atoms with Crippen LogP contribution in [0.5, 0.6) is 0 Å². The summed E-state index contributed by atoms with van der Waals surface area (Å²) in [6.07, 6.45) is -13.3. The fourth-order valence-corrected chi connectivity index (χ4v) is 6.10. The van der Waals surface area contributed by atoms with Gasteiger partial charge in [0.05, 0.1) is 0 Å². The van der Waals surface area contributed by atoms with Crippen molar-refractivity contribution in [1.82, 2.24) is 0 Å². The summed E-state index contributed by atoms with van der Waals surface area (Å²) in [4.78, 5) is 26.4. The number of pyridine rings is 1. The van der Waals surface area contributed by atoms with E-state index in [4.69, 9.17) is 29.7 Å². The normalized spacial score (nSPS) is 11.3. The number of aliphatic carboxylic acids is 3. The van der Waals surface area contributed by atoms with Crippen LogP contribution >= 0.6 is 0 Å². The van der Waals surface area contributed by atoms with Gasteiger partial charge in [-0.15, -0.1) is 0 Å². The molecule has 0 aliphatic heterocycles. The quantitative estimate of drug-likeness (QED) is 0.163. The van der Waals surface area contributed by atoms with Gasteiger partial charge in [0.25, 0.3) is 0 Å². The van der Waals surface area contributed by atoms with E-state index >= 15 is 0 Å². The molecule has 0 fully saturated rings. The molecule has 2 aromatic carbocycles. The van der Waals surface area contributed by atoms with E-state index in [1.165, 1.54) is 16.6 Å². The van der Waals surface area contributed by atoms with Crippen molar-refractivity contribution in [2.45, 2.75) is 16.5 Å². The standard InChI is InChI=1S/C16H11N.3C2HF3O2.ClH.3Hg/c1-13-11-12-17(14-7-3-2-4-8-14)16-10-6-5-9-15(13)16;3*3-2(4,5)1(6)7;;;;/h2-12H;3*(H,6,7);1H;;;/q+1;;;;;3*+1/p-4. The van der Waals surface area contributed by atoms with Crippen LogP contribution in [-0.2, 0) is 90.7 Å². The van der Waals surface area contributed by atoms with Crippen molar-refractivity contribution in [1.29, 1.82) is 0 Å². The Morgan fingerprint density at radius 1 is 0.595 bits per heavy atom. The van der Waals surface area contributed by atoms with Crippen molar-refractivity contribution >= 4 is 28.8 Å². The molecule has 1 aromatic heterocycles. The Morgan fingerprint density at radius 3 is 1.26 bits per heavy atom. The molecule has 0 N–H and O–H groups in total. The van der Waals surface area contributed by atoms with Gasteiger partial charge in [0.1, 0.15) is 17.9 Å². The van der Waals surface area contributed by atoms with Crippen molar-refractivity contribution in [3.8, 4) is 5.69 Å². The van der Waals surface area contributed by atoms with Crippen molar-refractivity contribution in [2.24, 2.45) is 0 Å². The Balaban J connectivity index is 0. The Hall–Kier alpha value is -1.27. The van der Waals surface area contributed by atoms with Gasteiger partial charge in [0.15, 0.2) is 0 Å². The number of carboxylic acid groups (broad SMARTS) is 3. The zero-order valence-electron chi connectivity index (χ0n) is 20.6. The first-order valence-electron chi connectivity index (χ1n) is 10.3. The van der Waals surface area contributed by atoms with Crippen LogP contribution in [0.25, 0.3) is 16.6 Å². The molecule has 0 saturated carbocycles. The first kappa shape index (κ1) is 42.9. The summed E-state index contributed by atoms with van der Waals surface area (Å²) >= 11 is 2.61. The predicted octanol–water partition coefficient (Wildman–Crippen LogP) is -2.23. The molecule has 216 valence electrons. The average Bonchev–Trinajstić information content (AvgIpc) is 2.82. The molecule has 0 radical (unpaired) electrons. The molecule has 0 spiro atoms. The van der Waals surface area contributed by atoms with Crippen molar-refractivity contribution < 1.29 is 165 Å². The average molecular weight is 1190 g/mol. The van der Waals surface area contributed by atoms with Gasteiger partial charge in [0.2, 0.25) is 0 Å². The minimum atomic E-state index is -5.19. The van der Waals surface area contributed by atoms with Gasteiger partial charge in [-0.1, -0.05) is 0 Å². The number of alkyl halides is 9. The van der Waals surface area contributed by atoms with Crippen LogP contribution in [-0.4, -0.2) is 36.4 Å². The van der Waals surface area contributed by atoms with E-state index in [2.05, 4.69) is 71.4 Å². The number of rotatable bonds is 2. The summed E-state index contributed by atoms with van der Waals surface area (Å²) in [6.45, 7) is 0. The molecule has 42 heavy (non-hydrogen) atoms. The third kappa shape index (κ3) is 16.0. The molecule has 7 nitrogen and oxygen atoms in total. The van der Waals surface area contributed by atoms with Gasteiger partial charge in [-0.2, -0.15) is 39.5 Å². The molecule has 3 rings (SSSR count). The second kappa shape index (κ2) is 17.9. The zero-order valence-corrected chi connectivity index (χ0v) is 37.9. The summed E-state index contributed by atoms with van der Waals surface area (Å²) in [6, 6.07) is 21.9.